The number of nitrogens with one attached hydrogen (secondary N) is 2. The Morgan fingerprint density at radius 2 is 1.72 bits per heavy atom. The zero-order valence-corrected chi connectivity index (χ0v) is 19.8. The van der Waals surface area contributed by atoms with E-state index in [0.29, 0.717) is 16.8 Å². The van der Waals surface area contributed by atoms with Crippen LogP contribution in [0.1, 0.15) is 57.7 Å². The van der Waals surface area contributed by atoms with Crippen LogP contribution < -0.4 is 15.4 Å². The molecule has 1 heterocycles. The quantitative estimate of drug-likeness (QED) is 0.471. The van der Waals surface area contributed by atoms with Crippen molar-refractivity contribution in [3.05, 3.63) is 65.0 Å². The van der Waals surface area contributed by atoms with Crippen molar-refractivity contribution in [2.45, 2.75) is 52.7 Å². The van der Waals surface area contributed by atoms with Crippen molar-refractivity contribution in [3.8, 4) is 17.0 Å². The molecule has 0 aliphatic carbocycles. The topological polar surface area (TPSA) is 80.3 Å². The van der Waals surface area contributed by atoms with Gasteiger partial charge in [-0.05, 0) is 43.0 Å². The lowest BCUT2D eigenvalue weighted by molar-refractivity contribution is -0.122. The lowest BCUT2D eigenvalue weighted by Crippen LogP contribution is -2.30. The molecule has 2 atom stereocenters. The van der Waals surface area contributed by atoms with Crippen LogP contribution in [-0.4, -0.2) is 22.9 Å². The van der Waals surface area contributed by atoms with E-state index in [4.69, 9.17) is 4.74 Å². The largest absolute Gasteiger partial charge is 0.481 e. The molecule has 2 aromatic carbocycles. The first-order valence-electron chi connectivity index (χ1n) is 10.6. The van der Waals surface area contributed by atoms with Crippen molar-refractivity contribution in [1.29, 1.82) is 0 Å². The van der Waals surface area contributed by atoms with Gasteiger partial charge in [0.2, 0.25) is 5.91 Å². The first kappa shape index (κ1) is 23.5. The molecule has 0 bridgehead atoms. The number of thiazole rings is 1. The zero-order valence-electron chi connectivity index (χ0n) is 19.0. The molecule has 0 spiro atoms. The minimum Gasteiger partial charge on any atom is -0.481 e. The summed E-state index contributed by atoms with van der Waals surface area (Å²) < 4.78 is 5.83. The molecule has 0 unspecified atom stereocenters. The maximum Gasteiger partial charge on any atom is 0.266 e. The van der Waals surface area contributed by atoms with E-state index in [1.165, 1.54) is 18.3 Å². The summed E-state index contributed by atoms with van der Waals surface area (Å²) in [4.78, 5) is 28.4. The van der Waals surface area contributed by atoms with Crippen molar-refractivity contribution in [3.63, 3.8) is 0 Å². The van der Waals surface area contributed by atoms with Gasteiger partial charge in [0.15, 0.2) is 11.2 Å². The van der Waals surface area contributed by atoms with Crippen LogP contribution in [0.25, 0.3) is 11.3 Å². The van der Waals surface area contributed by atoms with Crippen LogP contribution in [-0.2, 0) is 9.59 Å². The van der Waals surface area contributed by atoms with Crippen LogP contribution in [0.5, 0.6) is 5.75 Å². The van der Waals surface area contributed by atoms with Gasteiger partial charge in [-0.15, -0.1) is 11.3 Å². The number of hydrogen-bond acceptors (Lipinski definition) is 5. The van der Waals surface area contributed by atoms with Crippen LogP contribution >= 0.6 is 11.3 Å². The number of aromatic nitrogens is 1. The van der Waals surface area contributed by atoms with Crippen LogP contribution in [0, 0.1) is 0 Å². The van der Waals surface area contributed by atoms with E-state index in [1.807, 2.05) is 60.8 Å². The second kappa shape index (κ2) is 10.4. The summed E-state index contributed by atoms with van der Waals surface area (Å²) in [6.45, 7) is 9.40. The predicted octanol–water partition coefficient (Wildman–Crippen LogP) is 5.54. The average molecular weight is 452 g/mol. The van der Waals surface area contributed by atoms with Crippen LogP contribution in [0.3, 0.4) is 0 Å². The minimum absolute atomic E-state index is 0.0606. The first-order valence-corrected chi connectivity index (χ1v) is 11.5. The highest BCUT2D eigenvalue weighted by Crippen LogP contribution is 2.27. The molecule has 0 fully saturated rings. The highest BCUT2D eigenvalue weighted by molar-refractivity contribution is 7.14. The third-order valence-corrected chi connectivity index (χ3v) is 5.83. The van der Waals surface area contributed by atoms with Gasteiger partial charge in [0, 0.05) is 17.9 Å². The maximum atomic E-state index is 12.6. The van der Waals surface area contributed by atoms with Gasteiger partial charge in [-0.1, -0.05) is 50.2 Å². The summed E-state index contributed by atoms with van der Waals surface area (Å²) >= 11 is 1.37. The van der Waals surface area contributed by atoms with Gasteiger partial charge in [-0.3, -0.25) is 14.9 Å². The molecule has 0 aliphatic heterocycles. The van der Waals surface area contributed by atoms with Crippen molar-refractivity contribution in [1.82, 2.24) is 10.3 Å². The van der Waals surface area contributed by atoms with E-state index in [1.54, 1.807) is 6.92 Å². The molecule has 0 aliphatic rings. The minimum atomic E-state index is -0.653. The van der Waals surface area contributed by atoms with Gasteiger partial charge in [-0.25, -0.2) is 4.98 Å². The summed E-state index contributed by atoms with van der Waals surface area (Å²) in [6, 6.07) is 15.6. The molecule has 3 rings (SSSR count). The third kappa shape index (κ3) is 6.17. The second-order valence-electron chi connectivity index (χ2n) is 8.06. The van der Waals surface area contributed by atoms with Crippen LogP contribution in [0.4, 0.5) is 5.13 Å². The summed E-state index contributed by atoms with van der Waals surface area (Å²) in [5.41, 5.74) is 3.90. The summed E-state index contributed by atoms with van der Waals surface area (Å²) in [6.07, 6.45) is -0.653. The highest BCUT2D eigenvalue weighted by Gasteiger charge is 2.17. The Labute approximate surface area is 193 Å². The first-order chi connectivity index (χ1) is 15.2. The van der Waals surface area contributed by atoms with Crippen molar-refractivity contribution < 1.29 is 14.3 Å². The molecule has 0 saturated carbocycles. The Hall–Kier alpha value is -3.19. The Morgan fingerprint density at radius 1 is 1.00 bits per heavy atom. The van der Waals surface area contributed by atoms with Crippen molar-refractivity contribution in [2.75, 3.05) is 5.32 Å². The fourth-order valence-corrected chi connectivity index (χ4v) is 3.93. The molecule has 0 saturated heterocycles. The van der Waals surface area contributed by atoms with Gasteiger partial charge in [-0.2, -0.15) is 0 Å². The average Bonchev–Trinajstić information content (AvgIpc) is 3.22. The second-order valence-corrected chi connectivity index (χ2v) is 8.92. The Morgan fingerprint density at radius 3 is 2.38 bits per heavy atom. The molecular weight excluding hydrogens is 422 g/mol. The van der Waals surface area contributed by atoms with Gasteiger partial charge in [0.1, 0.15) is 5.75 Å². The molecule has 6 nitrogen and oxygen atoms in total. The number of rotatable bonds is 8. The van der Waals surface area contributed by atoms with Crippen molar-refractivity contribution in [2.24, 2.45) is 0 Å². The van der Waals surface area contributed by atoms with Crippen LogP contribution in [0.15, 0.2) is 53.9 Å². The molecule has 7 heteroatoms. The lowest BCUT2D eigenvalue weighted by Gasteiger charge is -2.15. The molecular formula is C25H29N3O3S. The fourth-order valence-electron chi connectivity index (χ4n) is 3.21. The lowest BCUT2D eigenvalue weighted by atomic mass is 10.0. The Balaban J connectivity index is 1.61. The molecule has 2 amide bonds. The number of hydrogen-bond donors (Lipinski definition) is 2. The van der Waals surface area contributed by atoms with Gasteiger partial charge < -0.3 is 10.1 Å². The smallest absolute Gasteiger partial charge is 0.266 e. The number of ether oxygens (including phenoxy) is 1. The number of benzene rings is 2. The molecule has 3 aromatic rings. The Kier molecular flexibility index (Phi) is 7.64. The third-order valence-electron chi connectivity index (χ3n) is 5.07. The van der Waals surface area contributed by atoms with E-state index >= 15 is 0 Å². The van der Waals surface area contributed by atoms with E-state index < -0.39 is 6.10 Å². The molecule has 1 aromatic heterocycles. The van der Waals surface area contributed by atoms with Gasteiger partial charge in [0.05, 0.1) is 11.7 Å². The Bertz CT molecular complexity index is 1080. The SMILES string of the molecule is CC(=O)N[C@H](C)c1ccc(-c2csc(NC(=O)[C@H](C)Oc3cccc(C(C)C)c3)n2)cc1. The molecule has 168 valence electrons. The highest BCUT2D eigenvalue weighted by atomic mass is 32.1. The summed E-state index contributed by atoms with van der Waals surface area (Å²) in [5.74, 6) is 0.749. The number of carbonyl (C=O) groups is 2. The number of carbonyl (C=O) groups excluding carboxylic acids is 2. The molecule has 2 N–H and O–H groups in total. The number of nitrogens with zero attached hydrogens (tertiary/aromatic N) is 1. The molecule has 0 radical (unpaired) electrons. The normalized spacial score (nSPS) is 12.8. The predicted molar refractivity (Wildman–Crippen MR) is 129 cm³/mol. The van der Waals surface area contributed by atoms with Crippen molar-refractivity contribution >= 4 is 28.3 Å². The maximum absolute atomic E-state index is 12.6. The van der Waals surface area contributed by atoms with Gasteiger partial charge in [0.25, 0.3) is 5.91 Å². The van der Waals surface area contributed by atoms with E-state index in [2.05, 4.69) is 29.5 Å². The zero-order chi connectivity index (χ0) is 23.3. The number of amides is 2. The fraction of sp³-hybridized carbons (Fsp3) is 0.320. The van der Waals surface area contributed by atoms with E-state index in [0.717, 1.165) is 22.4 Å². The molecule has 32 heavy (non-hydrogen) atoms. The van der Waals surface area contributed by atoms with E-state index in [9.17, 15) is 9.59 Å². The van der Waals surface area contributed by atoms with E-state index in [-0.39, 0.29) is 17.9 Å². The summed E-state index contributed by atoms with van der Waals surface area (Å²) in [7, 11) is 0. The van der Waals surface area contributed by atoms with Crippen LogP contribution in [0.2, 0.25) is 0 Å². The standard InChI is InChI=1S/C25H29N3O3S/c1-15(2)21-7-6-8-22(13-21)31-17(4)24(30)28-25-27-23(14-32-25)20-11-9-19(10-12-20)16(3)26-18(5)29/h6-17H,1-5H3,(H,26,29)(H,27,28,30)/t16-,17+/m1/s1. The monoisotopic (exact) mass is 451 g/mol. The number of anilines is 1. The van der Waals surface area contributed by atoms with Gasteiger partial charge >= 0.3 is 0 Å². The summed E-state index contributed by atoms with van der Waals surface area (Å²) in [5, 5.41) is 8.13.